The van der Waals surface area contributed by atoms with Crippen molar-refractivity contribution in [1.29, 1.82) is 0 Å². The highest BCUT2D eigenvalue weighted by Crippen LogP contribution is 2.22. The Balaban J connectivity index is 1.99. The molecule has 1 fully saturated rings. The number of aromatic nitrogens is 2. The average molecular weight is 267 g/mol. The Morgan fingerprint density at radius 3 is 2.84 bits per heavy atom. The van der Waals surface area contributed by atoms with Crippen LogP contribution in [0.4, 0.5) is 4.79 Å². The molecule has 6 heteroatoms. The lowest BCUT2D eigenvalue weighted by atomic mass is 10.2. The first-order valence-corrected chi connectivity index (χ1v) is 6.44. The van der Waals surface area contributed by atoms with Gasteiger partial charge in [-0.25, -0.2) is 4.79 Å². The number of rotatable bonds is 1. The number of morpholine rings is 1. The Bertz CT molecular complexity index is 450. The maximum atomic E-state index is 12.0. The van der Waals surface area contributed by atoms with Gasteiger partial charge >= 0.3 is 6.09 Å². The minimum Gasteiger partial charge on any atom is -0.444 e. The summed E-state index contributed by atoms with van der Waals surface area (Å²) < 4.78 is 12.8. The second-order valence-electron chi connectivity index (χ2n) is 5.70. The quantitative estimate of drug-likeness (QED) is 0.777. The molecular weight excluding hydrogens is 246 g/mol. The summed E-state index contributed by atoms with van der Waals surface area (Å²) in [5, 5.41) is 4.32. The van der Waals surface area contributed by atoms with Gasteiger partial charge in [-0.1, -0.05) is 0 Å². The number of nitrogens with zero attached hydrogens (tertiary/aromatic N) is 3. The van der Waals surface area contributed by atoms with Crippen LogP contribution < -0.4 is 0 Å². The van der Waals surface area contributed by atoms with Gasteiger partial charge in [0, 0.05) is 19.8 Å². The number of hydrogen-bond donors (Lipinski definition) is 0. The van der Waals surface area contributed by atoms with E-state index in [1.54, 1.807) is 9.58 Å². The summed E-state index contributed by atoms with van der Waals surface area (Å²) >= 11 is 0. The first-order valence-electron chi connectivity index (χ1n) is 6.44. The second kappa shape index (κ2) is 5.21. The number of ether oxygens (including phenoxy) is 2. The van der Waals surface area contributed by atoms with Gasteiger partial charge < -0.3 is 14.4 Å². The lowest BCUT2D eigenvalue weighted by Gasteiger charge is -2.33. The van der Waals surface area contributed by atoms with E-state index in [1.165, 1.54) is 0 Å². The van der Waals surface area contributed by atoms with Crippen molar-refractivity contribution in [2.45, 2.75) is 32.5 Å². The van der Waals surface area contributed by atoms with Gasteiger partial charge in [-0.15, -0.1) is 0 Å². The molecule has 0 bridgehead atoms. The molecule has 1 unspecified atom stereocenters. The van der Waals surface area contributed by atoms with Gasteiger partial charge in [0.2, 0.25) is 0 Å². The fourth-order valence-corrected chi connectivity index (χ4v) is 1.93. The monoisotopic (exact) mass is 267 g/mol. The van der Waals surface area contributed by atoms with Gasteiger partial charge in [0.25, 0.3) is 0 Å². The molecule has 6 nitrogen and oxygen atoms in total. The third-order valence-electron chi connectivity index (χ3n) is 2.78. The lowest BCUT2D eigenvalue weighted by molar-refractivity contribution is -0.0448. The summed E-state index contributed by atoms with van der Waals surface area (Å²) in [5.74, 6) is 0. The molecule has 1 atom stereocenters. The van der Waals surface area contributed by atoms with E-state index in [1.807, 2.05) is 40.1 Å². The molecule has 19 heavy (non-hydrogen) atoms. The zero-order valence-electron chi connectivity index (χ0n) is 11.9. The molecule has 2 heterocycles. The van der Waals surface area contributed by atoms with Crippen LogP contribution in [0.15, 0.2) is 12.3 Å². The predicted molar refractivity (Wildman–Crippen MR) is 69.7 cm³/mol. The maximum absolute atomic E-state index is 12.0. The van der Waals surface area contributed by atoms with Crippen LogP contribution in [0.5, 0.6) is 0 Å². The SMILES string of the molecule is Cn1ccc(C2CN(C(=O)OC(C)(C)C)CCO2)n1. The molecule has 2 rings (SSSR count). The molecule has 0 radical (unpaired) electrons. The standard InChI is InChI=1S/C13H21N3O3/c1-13(2,3)19-12(17)16-7-8-18-11(9-16)10-5-6-15(4)14-10/h5-6,11H,7-9H2,1-4H3. The summed E-state index contributed by atoms with van der Waals surface area (Å²) in [4.78, 5) is 13.7. The highest BCUT2D eigenvalue weighted by atomic mass is 16.6. The Morgan fingerprint density at radius 2 is 2.26 bits per heavy atom. The highest BCUT2D eigenvalue weighted by Gasteiger charge is 2.29. The van der Waals surface area contributed by atoms with Crippen LogP contribution in [0.3, 0.4) is 0 Å². The Hall–Kier alpha value is -1.56. The van der Waals surface area contributed by atoms with Gasteiger partial charge in [-0.3, -0.25) is 4.68 Å². The minimum atomic E-state index is -0.476. The van der Waals surface area contributed by atoms with Crippen LogP contribution >= 0.6 is 0 Å². The van der Waals surface area contributed by atoms with E-state index in [0.29, 0.717) is 19.7 Å². The zero-order chi connectivity index (χ0) is 14.0. The van der Waals surface area contributed by atoms with Crippen molar-refractivity contribution in [3.8, 4) is 0 Å². The van der Waals surface area contributed by atoms with Crippen LogP contribution in [0.25, 0.3) is 0 Å². The Morgan fingerprint density at radius 1 is 1.53 bits per heavy atom. The number of amides is 1. The van der Waals surface area contributed by atoms with Crippen molar-refractivity contribution in [2.75, 3.05) is 19.7 Å². The van der Waals surface area contributed by atoms with Crippen molar-refractivity contribution in [1.82, 2.24) is 14.7 Å². The third kappa shape index (κ3) is 3.70. The van der Waals surface area contributed by atoms with E-state index < -0.39 is 5.60 Å². The van der Waals surface area contributed by atoms with Crippen molar-refractivity contribution in [2.24, 2.45) is 7.05 Å². The number of hydrogen-bond acceptors (Lipinski definition) is 4. The summed E-state index contributed by atoms with van der Waals surface area (Å²) in [6.45, 7) is 7.12. The molecule has 106 valence electrons. The molecule has 0 aliphatic carbocycles. The van der Waals surface area contributed by atoms with Crippen LogP contribution in [0.2, 0.25) is 0 Å². The number of carbonyl (C=O) groups excluding carboxylic acids is 1. The van der Waals surface area contributed by atoms with Crippen molar-refractivity contribution < 1.29 is 14.3 Å². The van der Waals surface area contributed by atoms with Gasteiger partial charge in [0.15, 0.2) is 0 Å². The normalized spacial score (nSPS) is 20.4. The van der Waals surface area contributed by atoms with Crippen LogP contribution in [0, 0.1) is 0 Å². The Kier molecular flexibility index (Phi) is 3.80. The molecule has 1 amide bonds. The van der Waals surface area contributed by atoms with E-state index in [2.05, 4.69) is 5.10 Å². The predicted octanol–water partition coefficient (Wildman–Crippen LogP) is 1.73. The van der Waals surface area contributed by atoms with E-state index in [4.69, 9.17) is 9.47 Å². The van der Waals surface area contributed by atoms with E-state index in [0.717, 1.165) is 5.69 Å². The maximum Gasteiger partial charge on any atom is 0.410 e. The second-order valence-corrected chi connectivity index (χ2v) is 5.70. The van der Waals surface area contributed by atoms with Gasteiger partial charge in [-0.05, 0) is 26.8 Å². The fourth-order valence-electron chi connectivity index (χ4n) is 1.93. The topological polar surface area (TPSA) is 56.6 Å². The molecule has 0 spiro atoms. The lowest BCUT2D eigenvalue weighted by Crippen LogP contribution is -2.44. The molecule has 1 aliphatic heterocycles. The number of aryl methyl sites for hydroxylation is 1. The van der Waals surface area contributed by atoms with Crippen molar-refractivity contribution in [3.63, 3.8) is 0 Å². The van der Waals surface area contributed by atoms with Gasteiger partial charge in [0.1, 0.15) is 11.7 Å². The summed E-state index contributed by atoms with van der Waals surface area (Å²) in [6, 6.07) is 1.91. The van der Waals surface area contributed by atoms with E-state index in [9.17, 15) is 4.79 Å². The van der Waals surface area contributed by atoms with E-state index >= 15 is 0 Å². The molecule has 1 aromatic heterocycles. The van der Waals surface area contributed by atoms with Crippen LogP contribution in [-0.2, 0) is 16.5 Å². The molecular formula is C13H21N3O3. The molecule has 1 saturated heterocycles. The summed E-state index contributed by atoms with van der Waals surface area (Å²) in [6.07, 6.45) is 1.39. The average Bonchev–Trinajstić information content (AvgIpc) is 2.74. The third-order valence-corrected chi connectivity index (χ3v) is 2.78. The van der Waals surface area contributed by atoms with Crippen molar-refractivity contribution in [3.05, 3.63) is 18.0 Å². The molecule has 0 saturated carbocycles. The zero-order valence-corrected chi connectivity index (χ0v) is 11.9. The highest BCUT2D eigenvalue weighted by molar-refractivity contribution is 5.68. The molecule has 0 aromatic carbocycles. The smallest absolute Gasteiger partial charge is 0.410 e. The summed E-state index contributed by atoms with van der Waals surface area (Å²) in [5.41, 5.74) is 0.367. The minimum absolute atomic E-state index is 0.178. The number of carbonyl (C=O) groups is 1. The van der Waals surface area contributed by atoms with Crippen LogP contribution in [-0.4, -0.2) is 46.1 Å². The fraction of sp³-hybridized carbons (Fsp3) is 0.692. The first kappa shape index (κ1) is 13.9. The van der Waals surface area contributed by atoms with Crippen molar-refractivity contribution >= 4 is 6.09 Å². The Labute approximate surface area is 113 Å². The first-order chi connectivity index (χ1) is 8.85. The van der Waals surface area contributed by atoms with Crippen LogP contribution in [0.1, 0.15) is 32.6 Å². The largest absolute Gasteiger partial charge is 0.444 e. The summed E-state index contributed by atoms with van der Waals surface area (Å²) in [7, 11) is 1.86. The van der Waals surface area contributed by atoms with Gasteiger partial charge in [-0.2, -0.15) is 5.10 Å². The molecule has 1 aliphatic rings. The van der Waals surface area contributed by atoms with E-state index in [-0.39, 0.29) is 12.2 Å². The molecule has 0 N–H and O–H groups in total. The molecule has 1 aromatic rings. The van der Waals surface area contributed by atoms with Gasteiger partial charge in [0.05, 0.1) is 18.8 Å².